The number of carboxylic acids is 1. The number of aromatic carboxylic acids is 1. The van der Waals surface area contributed by atoms with E-state index in [0.717, 1.165) is 0 Å². The van der Waals surface area contributed by atoms with Crippen LogP contribution in [0, 0.1) is 5.41 Å². The van der Waals surface area contributed by atoms with Gasteiger partial charge in [0.25, 0.3) is 0 Å². The lowest BCUT2D eigenvalue weighted by Crippen LogP contribution is -2.45. The Kier molecular flexibility index (Phi) is 4.16. The van der Waals surface area contributed by atoms with Crippen LogP contribution in [-0.4, -0.2) is 28.1 Å². The Labute approximate surface area is 111 Å². The summed E-state index contributed by atoms with van der Waals surface area (Å²) >= 11 is 0. The molecule has 0 radical (unpaired) electrons. The summed E-state index contributed by atoms with van der Waals surface area (Å²) in [6.45, 7) is 5.49. The van der Waals surface area contributed by atoms with Crippen molar-refractivity contribution in [3.05, 3.63) is 23.8 Å². The number of phenols is 1. The number of rotatable bonds is 3. The molecule has 0 aliphatic carbocycles. The molecule has 0 aliphatic rings. The van der Waals surface area contributed by atoms with Gasteiger partial charge in [-0.05, 0) is 23.6 Å². The zero-order valence-corrected chi connectivity index (χ0v) is 11.1. The highest BCUT2D eigenvalue weighted by Crippen LogP contribution is 2.23. The van der Waals surface area contributed by atoms with E-state index in [1.165, 1.54) is 18.2 Å². The Morgan fingerprint density at radius 1 is 1.32 bits per heavy atom. The van der Waals surface area contributed by atoms with Gasteiger partial charge >= 0.3 is 5.97 Å². The van der Waals surface area contributed by atoms with Crippen LogP contribution in [0.5, 0.6) is 5.75 Å². The second kappa shape index (κ2) is 5.27. The predicted octanol–water partition coefficient (Wildman–Crippen LogP) is 1.40. The van der Waals surface area contributed by atoms with E-state index in [2.05, 4.69) is 5.32 Å². The first-order chi connectivity index (χ1) is 8.62. The second-order valence-electron chi connectivity index (χ2n) is 5.37. The first-order valence-electron chi connectivity index (χ1n) is 5.75. The fraction of sp³-hybridized carbons (Fsp3) is 0.385. The van der Waals surface area contributed by atoms with Crippen molar-refractivity contribution in [1.29, 1.82) is 0 Å². The van der Waals surface area contributed by atoms with E-state index in [-0.39, 0.29) is 17.0 Å². The molecule has 0 heterocycles. The Morgan fingerprint density at radius 2 is 1.89 bits per heavy atom. The van der Waals surface area contributed by atoms with Gasteiger partial charge in [-0.15, -0.1) is 0 Å². The Bertz CT molecular complexity index is 506. The largest absolute Gasteiger partial charge is 0.507 e. The topological polar surface area (TPSA) is 113 Å². The molecule has 0 spiro atoms. The molecule has 1 atom stereocenters. The first-order valence-corrected chi connectivity index (χ1v) is 5.75. The van der Waals surface area contributed by atoms with Crippen LogP contribution in [0.3, 0.4) is 0 Å². The summed E-state index contributed by atoms with van der Waals surface area (Å²) in [5, 5.41) is 20.8. The van der Waals surface area contributed by atoms with Crippen molar-refractivity contribution in [2.75, 3.05) is 5.32 Å². The predicted molar refractivity (Wildman–Crippen MR) is 71.1 cm³/mol. The Balaban J connectivity index is 2.92. The van der Waals surface area contributed by atoms with E-state index in [1.54, 1.807) is 0 Å². The van der Waals surface area contributed by atoms with Gasteiger partial charge in [-0.3, -0.25) is 4.79 Å². The van der Waals surface area contributed by atoms with Crippen LogP contribution >= 0.6 is 0 Å². The first kappa shape index (κ1) is 15.0. The number of carbonyl (C=O) groups excluding carboxylic acids is 1. The molecule has 1 aromatic rings. The van der Waals surface area contributed by atoms with Crippen LogP contribution in [0.15, 0.2) is 18.2 Å². The highest BCUT2D eigenvalue weighted by Gasteiger charge is 2.27. The average Bonchev–Trinajstić information content (AvgIpc) is 2.29. The van der Waals surface area contributed by atoms with Gasteiger partial charge in [0.15, 0.2) is 0 Å². The van der Waals surface area contributed by atoms with E-state index in [9.17, 15) is 14.7 Å². The number of anilines is 1. The minimum atomic E-state index is -1.27. The standard InChI is InChI=1S/C13H18N2O4/c1-13(2,3)10(14)11(17)15-7-4-5-9(16)8(6-7)12(18)19/h4-6,10,16H,14H2,1-3H3,(H,15,17)(H,18,19)/t10-/m0/s1. The van der Waals surface area contributed by atoms with E-state index in [4.69, 9.17) is 10.8 Å². The van der Waals surface area contributed by atoms with Crippen LogP contribution in [0.4, 0.5) is 5.69 Å². The third-order valence-electron chi connectivity index (χ3n) is 2.71. The molecule has 0 fully saturated rings. The van der Waals surface area contributed by atoms with Gasteiger partial charge in [-0.25, -0.2) is 4.79 Å². The third kappa shape index (κ3) is 3.69. The number of aromatic hydroxyl groups is 1. The molecule has 19 heavy (non-hydrogen) atoms. The fourth-order valence-corrected chi connectivity index (χ4v) is 1.40. The molecule has 6 nitrogen and oxygen atoms in total. The van der Waals surface area contributed by atoms with Crippen LogP contribution in [0.2, 0.25) is 0 Å². The van der Waals surface area contributed by atoms with Crippen LogP contribution < -0.4 is 11.1 Å². The third-order valence-corrected chi connectivity index (χ3v) is 2.71. The Morgan fingerprint density at radius 3 is 2.37 bits per heavy atom. The van der Waals surface area contributed by atoms with E-state index >= 15 is 0 Å². The second-order valence-corrected chi connectivity index (χ2v) is 5.37. The van der Waals surface area contributed by atoms with E-state index < -0.39 is 23.3 Å². The Hall–Kier alpha value is -2.08. The maximum Gasteiger partial charge on any atom is 0.339 e. The number of hydrogen-bond acceptors (Lipinski definition) is 4. The summed E-state index contributed by atoms with van der Waals surface area (Å²) in [5.41, 5.74) is 5.39. The number of nitrogens with one attached hydrogen (secondary N) is 1. The fourth-order valence-electron chi connectivity index (χ4n) is 1.40. The summed E-state index contributed by atoms with van der Waals surface area (Å²) in [7, 11) is 0. The van der Waals surface area contributed by atoms with Gasteiger partial charge in [0.05, 0.1) is 6.04 Å². The van der Waals surface area contributed by atoms with Gasteiger partial charge in [0.1, 0.15) is 11.3 Å². The zero-order chi connectivity index (χ0) is 14.8. The normalized spacial score (nSPS) is 12.8. The molecule has 0 aromatic heterocycles. The van der Waals surface area contributed by atoms with Gasteiger partial charge in [-0.1, -0.05) is 20.8 Å². The molecule has 0 aliphatic heterocycles. The van der Waals surface area contributed by atoms with E-state index in [0.29, 0.717) is 0 Å². The van der Waals surface area contributed by atoms with Crippen molar-refractivity contribution in [2.45, 2.75) is 26.8 Å². The average molecular weight is 266 g/mol. The van der Waals surface area contributed by atoms with Crippen molar-refractivity contribution in [3.63, 3.8) is 0 Å². The van der Waals surface area contributed by atoms with Crippen molar-refractivity contribution >= 4 is 17.6 Å². The van der Waals surface area contributed by atoms with Crippen molar-refractivity contribution in [2.24, 2.45) is 11.1 Å². The molecular formula is C13H18N2O4. The molecule has 5 N–H and O–H groups in total. The van der Waals surface area contributed by atoms with E-state index in [1.807, 2.05) is 20.8 Å². The highest BCUT2D eigenvalue weighted by atomic mass is 16.4. The monoisotopic (exact) mass is 266 g/mol. The van der Waals surface area contributed by atoms with Crippen molar-refractivity contribution in [3.8, 4) is 5.75 Å². The molecular weight excluding hydrogens is 248 g/mol. The maximum atomic E-state index is 11.9. The molecule has 0 saturated heterocycles. The lowest BCUT2D eigenvalue weighted by Gasteiger charge is -2.25. The number of carboxylic acid groups (broad SMARTS) is 1. The number of amides is 1. The van der Waals surface area contributed by atoms with Gasteiger partial charge in [-0.2, -0.15) is 0 Å². The number of carbonyl (C=O) groups is 2. The SMILES string of the molecule is CC(C)(C)[C@@H](N)C(=O)Nc1ccc(O)c(C(=O)O)c1. The lowest BCUT2D eigenvalue weighted by molar-refractivity contribution is -0.119. The smallest absolute Gasteiger partial charge is 0.339 e. The lowest BCUT2D eigenvalue weighted by atomic mass is 9.87. The summed E-state index contributed by atoms with van der Waals surface area (Å²) in [6, 6.07) is 3.08. The maximum absolute atomic E-state index is 11.9. The van der Waals surface area contributed by atoms with Crippen LogP contribution in [-0.2, 0) is 4.79 Å². The molecule has 0 saturated carbocycles. The number of nitrogens with two attached hydrogens (primary N) is 1. The molecule has 1 rings (SSSR count). The molecule has 104 valence electrons. The van der Waals surface area contributed by atoms with Gasteiger partial charge < -0.3 is 21.3 Å². The molecule has 0 unspecified atom stereocenters. The van der Waals surface area contributed by atoms with Gasteiger partial charge in [0, 0.05) is 5.69 Å². The summed E-state index contributed by atoms with van der Waals surface area (Å²) < 4.78 is 0. The van der Waals surface area contributed by atoms with Gasteiger partial charge in [0.2, 0.25) is 5.91 Å². The van der Waals surface area contributed by atoms with Crippen LogP contribution in [0.25, 0.3) is 0 Å². The minimum absolute atomic E-state index is 0.276. The molecule has 1 amide bonds. The van der Waals surface area contributed by atoms with Crippen molar-refractivity contribution in [1.82, 2.24) is 0 Å². The molecule has 1 aromatic carbocycles. The highest BCUT2D eigenvalue weighted by molar-refractivity contribution is 5.97. The van der Waals surface area contributed by atoms with Crippen LogP contribution in [0.1, 0.15) is 31.1 Å². The molecule has 6 heteroatoms. The summed E-state index contributed by atoms with van der Waals surface area (Å²) in [4.78, 5) is 22.7. The number of hydrogen-bond donors (Lipinski definition) is 4. The quantitative estimate of drug-likeness (QED) is 0.618. The zero-order valence-electron chi connectivity index (χ0n) is 11.1. The van der Waals surface area contributed by atoms with Crippen molar-refractivity contribution < 1.29 is 19.8 Å². The number of benzene rings is 1. The molecule has 0 bridgehead atoms. The summed E-state index contributed by atoms with van der Waals surface area (Å²) in [6.07, 6.45) is 0. The summed E-state index contributed by atoms with van der Waals surface area (Å²) in [5.74, 6) is -2.03. The minimum Gasteiger partial charge on any atom is -0.507 e.